The van der Waals surface area contributed by atoms with E-state index in [0.717, 1.165) is 0 Å². The van der Waals surface area contributed by atoms with Crippen LogP contribution in [-0.2, 0) is 14.4 Å². The summed E-state index contributed by atoms with van der Waals surface area (Å²) in [5.74, 6) is -1.36. The van der Waals surface area contributed by atoms with Crippen molar-refractivity contribution in [2.75, 3.05) is 6.54 Å². The average Bonchev–Trinajstić information content (AvgIpc) is 2.21. The highest BCUT2D eigenvalue weighted by molar-refractivity contribution is 6.06. The van der Waals surface area contributed by atoms with Gasteiger partial charge in [0, 0.05) is 0 Å². The second kappa shape index (κ2) is 4.44. The Hall–Kier alpha value is -1.43. The van der Waals surface area contributed by atoms with Gasteiger partial charge < -0.3 is 10.6 Å². The third-order valence-electron chi connectivity index (χ3n) is 3.05. The number of nitrogens with one attached hydrogen (secondary N) is 1. The van der Waals surface area contributed by atoms with E-state index in [4.69, 9.17) is 5.73 Å². The van der Waals surface area contributed by atoms with Gasteiger partial charge in [-0.15, -0.1) is 0 Å². The quantitative estimate of drug-likeness (QED) is 0.621. The Morgan fingerprint density at radius 2 is 1.94 bits per heavy atom. The number of nitrogens with zero attached hydrogens (tertiary/aromatic N) is 1. The zero-order valence-corrected chi connectivity index (χ0v) is 10.6. The van der Waals surface area contributed by atoms with Crippen molar-refractivity contribution in [2.45, 2.75) is 39.3 Å². The van der Waals surface area contributed by atoms with Gasteiger partial charge in [-0.1, -0.05) is 13.8 Å². The molecule has 96 valence electrons. The highest BCUT2D eigenvalue weighted by atomic mass is 16.2. The summed E-state index contributed by atoms with van der Waals surface area (Å²) < 4.78 is 0. The Morgan fingerprint density at radius 3 is 2.41 bits per heavy atom. The molecule has 0 bridgehead atoms. The molecule has 1 unspecified atom stereocenters. The molecule has 1 aliphatic heterocycles. The second-order valence-corrected chi connectivity index (χ2v) is 5.13. The molecule has 0 spiro atoms. The molecule has 1 aliphatic rings. The van der Waals surface area contributed by atoms with Crippen LogP contribution in [0.3, 0.4) is 0 Å². The monoisotopic (exact) mass is 241 g/mol. The summed E-state index contributed by atoms with van der Waals surface area (Å²) in [5.41, 5.74) is 4.72. The van der Waals surface area contributed by atoms with Crippen molar-refractivity contribution in [3.05, 3.63) is 0 Å². The summed E-state index contributed by atoms with van der Waals surface area (Å²) >= 11 is 0. The number of rotatable bonds is 2. The van der Waals surface area contributed by atoms with E-state index in [9.17, 15) is 14.4 Å². The topological polar surface area (TPSA) is 92.5 Å². The number of hydrogen-bond acceptors (Lipinski definition) is 4. The zero-order chi connectivity index (χ0) is 13.4. The molecule has 0 aliphatic carbocycles. The van der Waals surface area contributed by atoms with Crippen LogP contribution in [0.5, 0.6) is 0 Å². The van der Waals surface area contributed by atoms with Crippen LogP contribution in [0, 0.1) is 5.92 Å². The molecule has 3 N–H and O–H groups in total. The predicted octanol–water partition coefficient (Wildman–Crippen LogP) is -0.767. The summed E-state index contributed by atoms with van der Waals surface area (Å²) in [7, 11) is 0. The fraction of sp³-hybridized carbons (Fsp3) is 0.727. The Balaban J connectivity index is 2.98. The van der Waals surface area contributed by atoms with Gasteiger partial charge in [-0.3, -0.25) is 19.7 Å². The van der Waals surface area contributed by atoms with Crippen molar-refractivity contribution in [3.8, 4) is 0 Å². The van der Waals surface area contributed by atoms with Crippen molar-refractivity contribution in [1.29, 1.82) is 0 Å². The smallest absolute Gasteiger partial charge is 0.252 e. The summed E-state index contributed by atoms with van der Waals surface area (Å²) in [4.78, 5) is 36.3. The van der Waals surface area contributed by atoms with Gasteiger partial charge in [-0.05, 0) is 19.8 Å². The highest BCUT2D eigenvalue weighted by Crippen LogP contribution is 2.20. The van der Waals surface area contributed by atoms with E-state index in [1.54, 1.807) is 13.8 Å². The molecule has 6 nitrogen and oxygen atoms in total. The van der Waals surface area contributed by atoms with Crippen LogP contribution in [0.2, 0.25) is 0 Å². The largest absolute Gasteiger partial charge is 0.320 e. The number of amides is 3. The molecule has 0 radical (unpaired) electrons. The summed E-state index contributed by atoms with van der Waals surface area (Å²) in [5, 5.41) is 2.21. The van der Waals surface area contributed by atoms with Crippen molar-refractivity contribution in [1.82, 2.24) is 10.2 Å². The van der Waals surface area contributed by atoms with Crippen molar-refractivity contribution < 1.29 is 14.4 Å². The molecular formula is C11H19N3O3. The molecule has 3 amide bonds. The van der Waals surface area contributed by atoms with Crippen molar-refractivity contribution in [2.24, 2.45) is 11.7 Å². The molecule has 0 aromatic carbocycles. The maximum atomic E-state index is 12.1. The van der Waals surface area contributed by atoms with Gasteiger partial charge in [0.05, 0.1) is 6.04 Å². The van der Waals surface area contributed by atoms with Crippen LogP contribution >= 0.6 is 0 Å². The van der Waals surface area contributed by atoms with E-state index in [0.29, 0.717) is 0 Å². The third kappa shape index (κ3) is 2.46. The second-order valence-electron chi connectivity index (χ2n) is 5.13. The fourth-order valence-corrected chi connectivity index (χ4v) is 1.60. The van der Waals surface area contributed by atoms with E-state index in [2.05, 4.69) is 5.32 Å². The molecule has 1 rings (SSSR count). The molecule has 6 heteroatoms. The number of piperazine rings is 1. The van der Waals surface area contributed by atoms with Crippen LogP contribution in [0.4, 0.5) is 0 Å². The summed E-state index contributed by atoms with van der Waals surface area (Å²) in [6.45, 7) is 6.71. The minimum absolute atomic E-state index is 0.0432. The lowest BCUT2D eigenvalue weighted by atomic mass is 9.95. The first-order valence-electron chi connectivity index (χ1n) is 5.59. The lowest BCUT2D eigenvalue weighted by molar-refractivity contribution is -0.156. The number of carbonyl (C=O) groups excluding carboxylic acids is 3. The number of carbonyl (C=O) groups is 3. The minimum Gasteiger partial charge on any atom is -0.320 e. The van der Waals surface area contributed by atoms with Crippen molar-refractivity contribution >= 4 is 17.7 Å². The first-order valence-corrected chi connectivity index (χ1v) is 5.59. The van der Waals surface area contributed by atoms with Gasteiger partial charge >= 0.3 is 0 Å². The van der Waals surface area contributed by atoms with Crippen LogP contribution in [0.15, 0.2) is 0 Å². The lowest BCUT2D eigenvalue weighted by Gasteiger charge is -2.41. The summed E-state index contributed by atoms with van der Waals surface area (Å²) in [6.07, 6.45) is 0. The van der Waals surface area contributed by atoms with E-state index in [-0.39, 0.29) is 18.4 Å². The molecule has 1 saturated heterocycles. The van der Waals surface area contributed by atoms with Crippen LogP contribution < -0.4 is 11.1 Å². The Morgan fingerprint density at radius 1 is 1.41 bits per heavy atom. The molecular weight excluding hydrogens is 222 g/mol. The van der Waals surface area contributed by atoms with Crippen LogP contribution in [0.1, 0.15) is 27.7 Å². The van der Waals surface area contributed by atoms with E-state index in [1.807, 2.05) is 13.8 Å². The average molecular weight is 241 g/mol. The first-order chi connectivity index (χ1) is 7.67. The molecule has 0 saturated carbocycles. The third-order valence-corrected chi connectivity index (χ3v) is 3.05. The minimum atomic E-state index is -1.04. The number of nitrogens with two attached hydrogens (primary N) is 1. The van der Waals surface area contributed by atoms with Crippen LogP contribution in [-0.4, -0.2) is 40.7 Å². The lowest BCUT2D eigenvalue weighted by Crippen LogP contribution is -2.67. The highest BCUT2D eigenvalue weighted by Gasteiger charge is 2.44. The van der Waals surface area contributed by atoms with Gasteiger partial charge in [0.15, 0.2) is 0 Å². The van der Waals surface area contributed by atoms with Crippen molar-refractivity contribution in [3.63, 3.8) is 0 Å². The molecule has 1 heterocycles. The molecule has 0 aromatic rings. The normalized spacial score (nSPS) is 21.4. The van der Waals surface area contributed by atoms with Gasteiger partial charge in [0.25, 0.3) is 5.91 Å². The fourth-order valence-electron chi connectivity index (χ4n) is 1.60. The first kappa shape index (κ1) is 13.6. The maximum Gasteiger partial charge on any atom is 0.252 e. The maximum absolute atomic E-state index is 12.1. The Bertz CT molecular complexity index is 363. The van der Waals surface area contributed by atoms with Gasteiger partial charge in [-0.2, -0.15) is 0 Å². The predicted molar refractivity (Wildman–Crippen MR) is 61.8 cm³/mol. The zero-order valence-electron chi connectivity index (χ0n) is 10.6. The van der Waals surface area contributed by atoms with E-state index < -0.39 is 23.4 Å². The van der Waals surface area contributed by atoms with Gasteiger partial charge in [0.2, 0.25) is 11.8 Å². The molecule has 1 atom stereocenters. The van der Waals surface area contributed by atoms with Gasteiger partial charge in [0.1, 0.15) is 12.1 Å². The SMILES string of the molecule is CC(C)C(N)C(=O)N1CC(=O)NC(=O)C1(C)C. The standard InChI is InChI=1S/C11H19N3O3/c1-6(2)8(12)9(16)14-5-7(15)13-10(17)11(14,3)4/h6,8H,5,12H2,1-4H3,(H,13,15,17). The summed E-state index contributed by atoms with van der Waals surface area (Å²) in [6, 6.07) is -0.701. The van der Waals surface area contributed by atoms with E-state index in [1.165, 1.54) is 4.90 Å². The number of imide groups is 1. The number of hydrogen-bond donors (Lipinski definition) is 2. The van der Waals surface area contributed by atoms with E-state index >= 15 is 0 Å². The Kier molecular flexibility index (Phi) is 3.56. The molecule has 1 fully saturated rings. The molecule has 17 heavy (non-hydrogen) atoms. The van der Waals surface area contributed by atoms with Gasteiger partial charge in [-0.25, -0.2) is 0 Å². The Labute approximate surface area is 101 Å². The van der Waals surface area contributed by atoms with Crippen LogP contribution in [0.25, 0.3) is 0 Å². The molecule has 0 aromatic heterocycles.